The Morgan fingerprint density at radius 2 is 1.10 bits per heavy atom. The summed E-state index contributed by atoms with van der Waals surface area (Å²) in [5.74, 6) is 1.05. The molecule has 0 aromatic heterocycles. The van der Waals surface area contributed by atoms with Crippen molar-refractivity contribution in [3.8, 4) is 5.75 Å². The van der Waals surface area contributed by atoms with E-state index in [1.807, 2.05) is 0 Å². The first-order chi connectivity index (χ1) is 14.0. The summed E-state index contributed by atoms with van der Waals surface area (Å²) >= 11 is 0. The second-order valence-corrected chi connectivity index (χ2v) is 9.34. The molecule has 2 nitrogen and oxygen atoms in total. The zero-order chi connectivity index (χ0) is 20.5. The van der Waals surface area contributed by atoms with Crippen molar-refractivity contribution in [2.75, 3.05) is 34.3 Å². The van der Waals surface area contributed by atoms with Gasteiger partial charge in [0.15, 0.2) is 0 Å². The Hall–Kier alpha value is -2.06. The number of hydrogen-bond donors (Lipinski definition) is 0. The van der Waals surface area contributed by atoms with Gasteiger partial charge in [-0.3, -0.25) is 0 Å². The predicted molar refractivity (Wildman–Crippen MR) is 127 cm³/mol. The standard InChI is InChI=1S/C27H38NO/c1-28(2,3)20-14-8-6-4-5-7-9-15-21-29-27-25-18-12-10-16-23(25)22-24-17-11-13-19-26(24)27/h10-13,16-19,22H,4-9,14-15,20-21H2,1-3H3/q+1. The number of unbranched alkanes of at least 4 members (excludes halogenated alkanes) is 7. The molecule has 3 rings (SSSR count). The van der Waals surface area contributed by atoms with Crippen molar-refractivity contribution in [3.05, 3.63) is 54.6 Å². The molecule has 29 heavy (non-hydrogen) atoms. The van der Waals surface area contributed by atoms with Gasteiger partial charge in [-0.15, -0.1) is 0 Å². The maximum atomic E-state index is 6.32. The fourth-order valence-electron chi connectivity index (χ4n) is 4.05. The molecule has 0 heterocycles. The molecule has 0 saturated heterocycles. The van der Waals surface area contributed by atoms with Gasteiger partial charge in [0.25, 0.3) is 0 Å². The van der Waals surface area contributed by atoms with Gasteiger partial charge >= 0.3 is 0 Å². The van der Waals surface area contributed by atoms with E-state index in [1.165, 1.54) is 73.0 Å². The fraction of sp³-hybridized carbons (Fsp3) is 0.481. The van der Waals surface area contributed by atoms with Crippen LogP contribution >= 0.6 is 0 Å². The highest BCUT2D eigenvalue weighted by Gasteiger charge is 2.08. The van der Waals surface area contributed by atoms with Crippen LogP contribution < -0.4 is 4.74 Å². The lowest BCUT2D eigenvalue weighted by Crippen LogP contribution is -2.35. The Balaban J connectivity index is 1.39. The smallest absolute Gasteiger partial charge is 0.134 e. The van der Waals surface area contributed by atoms with E-state index < -0.39 is 0 Å². The van der Waals surface area contributed by atoms with Crippen molar-refractivity contribution in [2.45, 2.75) is 51.4 Å². The summed E-state index contributed by atoms with van der Waals surface area (Å²) in [6.45, 7) is 2.10. The van der Waals surface area contributed by atoms with Crippen LogP contribution in [-0.4, -0.2) is 38.8 Å². The van der Waals surface area contributed by atoms with Crippen LogP contribution in [0.4, 0.5) is 0 Å². The van der Waals surface area contributed by atoms with E-state index >= 15 is 0 Å². The van der Waals surface area contributed by atoms with Crippen molar-refractivity contribution in [1.29, 1.82) is 0 Å². The van der Waals surface area contributed by atoms with Crippen LogP contribution in [-0.2, 0) is 0 Å². The van der Waals surface area contributed by atoms with Crippen LogP contribution in [0.3, 0.4) is 0 Å². The van der Waals surface area contributed by atoms with E-state index in [0.29, 0.717) is 0 Å². The lowest BCUT2D eigenvalue weighted by atomic mass is 10.0. The third kappa shape index (κ3) is 6.75. The van der Waals surface area contributed by atoms with Gasteiger partial charge in [-0.1, -0.05) is 80.6 Å². The van der Waals surface area contributed by atoms with Gasteiger partial charge in [-0.25, -0.2) is 0 Å². The molecule has 0 unspecified atom stereocenters. The summed E-state index contributed by atoms with van der Waals surface area (Å²) in [7, 11) is 6.84. The molecule has 0 N–H and O–H groups in total. The van der Waals surface area contributed by atoms with Crippen molar-refractivity contribution in [1.82, 2.24) is 0 Å². The van der Waals surface area contributed by atoms with E-state index in [4.69, 9.17) is 4.74 Å². The van der Waals surface area contributed by atoms with Gasteiger partial charge in [-0.05, 0) is 36.1 Å². The molecule has 0 fully saturated rings. The Bertz CT molecular complexity index is 840. The van der Waals surface area contributed by atoms with Gasteiger partial charge in [0.1, 0.15) is 5.75 Å². The summed E-state index contributed by atoms with van der Waals surface area (Å²) in [5.41, 5.74) is 0. The van der Waals surface area contributed by atoms with E-state index in [2.05, 4.69) is 75.7 Å². The molecule has 0 spiro atoms. The van der Waals surface area contributed by atoms with Crippen molar-refractivity contribution in [2.24, 2.45) is 0 Å². The van der Waals surface area contributed by atoms with E-state index in [-0.39, 0.29) is 0 Å². The first-order valence-corrected chi connectivity index (χ1v) is 11.4. The Morgan fingerprint density at radius 3 is 1.66 bits per heavy atom. The third-order valence-corrected chi connectivity index (χ3v) is 5.69. The van der Waals surface area contributed by atoms with Crippen LogP contribution in [0, 0.1) is 0 Å². The minimum atomic E-state index is 0.807. The Morgan fingerprint density at radius 1 is 0.621 bits per heavy atom. The second kappa shape index (κ2) is 10.6. The SMILES string of the molecule is C[N+](C)(C)CCCCCCCCCCOc1c2ccccc2cc2ccccc12. The quantitative estimate of drug-likeness (QED) is 0.180. The number of rotatable bonds is 12. The number of nitrogens with zero attached hydrogens (tertiary/aromatic N) is 1. The summed E-state index contributed by atoms with van der Waals surface area (Å²) in [6.07, 6.45) is 10.6. The van der Waals surface area contributed by atoms with Crippen LogP contribution in [0.2, 0.25) is 0 Å². The molecule has 0 aliphatic carbocycles. The molecule has 0 radical (unpaired) electrons. The van der Waals surface area contributed by atoms with E-state index in [9.17, 15) is 0 Å². The minimum absolute atomic E-state index is 0.807. The summed E-state index contributed by atoms with van der Waals surface area (Å²) in [4.78, 5) is 0. The largest absolute Gasteiger partial charge is 0.492 e. The maximum Gasteiger partial charge on any atom is 0.134 e. The van der Waals surface area contributed by atoms with Gasteiger partial charge in [0, 0.05) is 10.8 Å². The van der Waals surface area contributed by atoms with Crippen molar-refractivity contribution >= 4 is 21.5 Å². The number of hydrogen-bond acceptors (Lipinski definition) is 1. The van der Waals surface area contributed by atoms with Crippen LogP contribution in [0.1, 0.15) is 51.4 Å². The molecule has 2 heteroatoms. The van der Waals surface area contributed by atoms with Gasteiger partial charge < -0.3 is 9.22 Å². The molecule has 0 amide bonds. The van der Waals surface area contributed by atoms with Gasteiger partial charge in [0.05, 0.1) is 34.3 Å². The van der Waals surface area contributed by atoms with E-state index in [0.717, 1.165) is 23.3 Å². The molecule has 0 aliphatic rings. The maximum absolute atomic E-state index is 6.32. The lowest BCUT2D eigenvalue weighted by Gasteiger charge is -2.23. The molecule has 3 aromatic carbocycles. The topological polar surface area (TPSA) is 9.23 Å². The third-order valence-electron chi connectivity index (χ3n) is 5.69. The van der Waals surface area contributed by atoms with Crippen molar-refractivity contribution < 1.29 is 9.22 Å². The average Bonchev–Trinajstić information content (AvgIpc) is 2.70. The summed E-state index contributed by atoms with van der Waals surface area (Å²) in [5, 5.41) is 4.96. The van der Waals surface area contributed by atoms with Crippen LogP contribution in [0.5, 0.6) is 5.75 Å². The fourth-order valence-corrected chi connectivity index (χ4v) is 4.05. The number of benzene rings is 3. The molecular weight excluding hydrogens is 354 g/mol. The number of ether oxygens (including phenoxy) is 1. The zero-order valence-electron chi connectivity index (χ0n) is 18.6. The van der Waals surface area contributed by atoms with Crippen LogP contribution in [0.15, 0.2) is 54.6 Å². The van der Waals surface area contributed by atoms with E-state index in [1.54, 1.807) is 0 Å². The lowest BCUT2D eigenvalue weighted by molar-refractivity contribution is -0.870. The molecule has 3 aromatic rings. The molecule has 0 bridgehead atoms. The second-order valence-electron chi connectivity index (χ2n) is 9.34. The number of quaternary nitrogens is 1. The Kier molecular flexibility index (Phi) is 7.94. The van der Waals surface area contributed by atoms with Gasteiger partial charge in [-0.2, -0.15) is 0 Å². The monoisotopic (exact) mass is 392 g/mol. The predicted octanol–water partition coefficient (Wildman–Crippen LogP) is 7.20. The highest BCUT2D eigenvalue weighted by atomic mass is 16.5. The minimum Gasteiger partial charge on any atom is -0.492 e. The summed E-state index contributed by atoms with van der Waals surface area (Å²) < 4.78 is 7.41. The van der Waals surface area contributed by atoms with Gasteiger partial charge in [0.2, 0.25) is 0 Å². The molecule has 0 atom stereocenters. The molecule has 0 saturated carbocycles. The van der Waals surface area contributed by atoms with Crippen LogP contribution in [0.25, 0.3) is 21.5 Å². The summed E-state index contributed by atoms with van der Waals surface area (Å²) in [6, 6.07) is 19.4. The highest BCUT2D eigenvalue weighted by molar-refractivity contribution is 6.05. The first-order valence-electron chi connectivity index (χ1n) is 11.4. The average molecular weight is 393 g/mol. The first kappa shape index (κ1) is 21.6. The normalized spacial score (nSPS) is 12.0. The van der Waals surface area contributed by atoms with Crippen molar-refractivity contribution in [3.63, 3.8) is 0 Å². The Labute approximate surface area is 177 Å². The molecular formula is C27H38NO+. The molecule has 0 aliphatic heterocycles. The number of fused-ring (bicyclic) bond motifs is 2. The molecule has 156 valence electrons. The highest BCUT2D eigenvalue weighted by Crippen LogP contribution is 2.34. The zero-order valence-corrected chi connectivity index (χ0v) is 18.6.